The molecule has 0 aromatic heterocycles. The monoisotopic (exact) mass is 185 g/mol. The highest BCUT2D eigenvalue weighted by Gasteiger charge is 1.99. The molecule has 0 spiro atoms. The van der Waals surface area contributed by atoms with Gasteiger partial charge in [-0.2, -0.15) is 0 Å². The van der Waals surface area contributed by atoms with Gasteiger partial charge in [0.1, 0.15) is 0 Å². The first-order valence-electron chi connectivity index (χ1n) is 3.69. The fraction of sp³-hybridized carbons (Fsp3) is 0.250. The lowest BCUT2D eigenvalue weighted by atomic mass is 10.1. The summed E-state index contributed by atoms with van der Waals surface area (Å²) >= 11 is -1.98. The Morgan fingerprint density at radius 1 is 1.50 bits per heavy atom. The Kier molecular flexibility index (Phi) is 3.25. The molecule has 1 atom stereocenters. The molecule has 0 aliphatic carbocycles. The lowest BCUT2D eigenvalue weighted by molar-refractivity contribution is 0.570. The molecule has 0 radical (unpaired) electrons. The normalized spacial score (nSPS) is 12.5. The summed E-state index contributed by atoms with van der Waals surface area (Å²) in [5.74, 6) is 0. The molecular weight excluding hydrogens is 174 g/mol. The molecule has 12 heavy (non-hydrogen) atoms. The smallest absolute Gasteiger partial charge is 0.259 e. The van der Waals surface area contributed by atoms with Gasteiger partial charge < -0.3 is 0 Å². The van der Waals surface area contributed by atoms with E-state index >= 15 is 0 Å². The molecule has 4 heteroatoms. The van der Waals surface area contributed by atoms with Crippen LogP contribution in [-0.4, -0.2) is 8.76 Å². The minimum absolute atomic E-state index is 0.723. The molecule has 2 N–H and O–H groups in total. The molecule has 1 rings (SSSR count). The van der Waals surface area contributed by atoms with Gasteiger partial charge in [0.25, 0.3) is 11.3 Å². The molecule has 0 heterocycles. The summed E-state index contributed by atoms with van der Waals surface area (Å²) in [6, 6.07) is 7.45. The summed E-state index contributed by atoms with van der Waals surface area (Å²) < 4.78 is 21.5. The van der Waals surface area contributed by atoms with Crippen molar-refractivity contribution in [3.05, 3.63) is 29.8 Å². The van der Waals surface area contributed by atoms with Crippen LogP contribution >= 0.6 is 0 Å². The molecule has 66 valence electrons. The fourth-order valence-electron chi connectivity index (χ4n) is 1.02. The molecule has 0 aliphatic heterocycles. The summed E-state index contributed by atoms with van der Waals surface area (Å²) in [7, 11) is 0. The van der Waals surface area contributed by atoms with E-state index < -0.39 is 11.3 Å². The number of benzene rings is 1. The Morgan fingerprint density at radius 3 is 2.75 bits per heavy atom. The van der Waals surface area contributed by atoms with Crippen LogP contribution in [0.1, 0.15) is 12.5 Å². The molecule has 0 bridgehead atoms. The summed E-state index contributed by atoms with van der Waals surface area (Å²) in [5.41, 5.74) is 1.76. The number of hydrogen-bond acceptors (Lipinski definition) is 1. The fourth-order valence-corrected chi connectivity index (χ4v) is 1.41. The molecule has 0 aliphatic rings. The van der Waals surface area contributed by atoms with Crippen molar-refractivity contribution < 1.29 is 8.76 Å². The summed E-state index contributed by atoms with van der Waals surface area (Å²) in [6.07, 6.45) is 0.848. The standard InChI is InChI=1S/C8H11NO2S/c1-2-7-5-3-4-6-8(7)9-12(10)11/h3-6,9H,2H2,1H3,(H,10,11). The predicted octanol–water partition coefficient (Wildman–Crippen LogP) is 1.80. The second-order valence-corrected chi connectivity index (χ2v) is 3.06. The maximum absolute atomic E-state index is 10.4. The van der Waals surface area contributed by atoms with Crippen molar-refractivity contribution in [2.45, 2.75) is 13.3 Å². The Balaban J connectivity index is 2.89. The van der Waals surface area contributed by atoms with E-state index in [-0.39, 0.29) is 0 Å². The zero-order valence-electron chi connectivity index (χ0n) is 6.78. The Labute approximate surface area is 74.2 Å². The van der Waals surface area contributed by atoms with Crippen molar-refractivity contribution in [1.82, 2.24) is 0 Å². The molecule has 0 saturated heterocycles. The second kappa shape index (κ2) is 4.23. The Bertz CT molecular complexity index is 288. The van der Waals surface area contributed by atoms with Crippen molar-refractivity contribution >= 4 is 17.0 Å². The molecule has 0 amide bonds. The van der Waals surface area contributed by atoms with Gasteiger partial charge in [0.2, 0.25) is 0 Å². The first-order chi connectivity index (χ1) is 5.74. The first-order valence-corrected chi connectivity index (χ1v) is 4.80. The topological polar surface area (TPSA) is 49.3 Å². The SMILES string of the molecule is CCc1ccccc1NS(=O)O. The van der Waals surface area contributed by atoms with E-state index in [2.05, 4.69) is 4.72 Å². The zero-order chi connectivity index (χ0) is 8.97. The molecule has 0 saturated carbocycles. The van der Waals surface area contributed by atoms with Gasteiger partial charge in [-0.3, -0.25) is 9.27 Å². The van der Waals surface area contributed by atoms with Gasteiger partial charge in [-0.05, 0) is 18.1 Å². The lowest BCUT2D eigenvalue weighted by Crippen LogP contribution is -2.03. The number of aryl methyl sites for hydroxylation is 1. The third-order valence-corrected chi connectivity index (χ3v) is 1.99. The highest BCUT2D eigenvalue weighted by molar-refractivity contribution is 7.80. The number of anilines is 1. The van der Waals surface area contributed by atoms with Crippen molar-refractivity contribution in [2.75, 3.05) is 4.72 Å². The van der Waals surface area contributed by atoms with Crippen LogP contribution in [0.3, 0.4) is 0 Å². The third kappa shape index (κ3) is 2.32. The summed E-state index contributed by atoms with van der Waals surface area (Å²) in [5, 5.41) is 0. The minimum atomic E-state index is -1.98. The maximum Gasteiger partial charge on any atom is 0.259 e. The summed E-state index contributed by atoms with van der Waals surface area (Å²) in [4.78, 5) is 0. The van der Waals surface area contributed by atoms with E-state index in [1.54, 1.807) is 6.07 Å². The quantitative estimate of drug-likeness (QED) is 0.705. The number of rotatable bonds is 3. The average molecular weight is 185 g/mol. The lowest BCUT2D eigenvalue weighted by Gasteiger charge is -2.05. The van der Waals surface area contributed by atoms with Gasteiger partial charge >= 0.3 is 0 Å². The van der Waals surface area contributed by atoms with Crippen LogP contribution in [0, 0.1) is 0 Å². The second-order valence-electron chi connectivity index (χ2n) is 2.36. The number of para-hydroxylation sites is 1. The van der Waals surface area contributed by atoms with Crippen LogP contribution in [0.5, 0.6) is 0 Å². The minimum Gasteiger partial charge on any atom is -0.289 e. The van der Waals surface area contributed by atoms with E-state index in [1.807, 2.05) is 25.1 Å². The van der Waals surface area contributed by atoms with E-state index in [0.29, 0.717) is 0 Å². The van der Waals surface area contributed by atoms with Crippen LogP contribution < -0.4 is 4.72 Å². The maximum atomic E-state index is 10.4. The molecule has 1 aromatic rings. The summed E-state index contributed by atoms with van der Waals surface area (Å²) in [6.45, 7) is 2.00. The molecular formula is C8H11NO2S. The van der Waals surface area contributed by atoms with Gasteiger partial charge in [-0.25, -0.2) is 4.21 Å². The highest BCUT2D eigenvalue weighted by Crippen LogP contribution is 2.15. The van der Waals surface area contributed by atoms with Gasteiger partial charge in [0.05, 0.1) is 5.69 Å². The van der Waals surface area contributed by atoms with E-state index in [0.717, 1.165) is 17.7 Å². The molecule has 0 fully saturated rings. The highest BCUT2D eigenvalue weighted by atomic mass is 32.2. The Hall–Kier alpha value is -0.870. The zero-order valence-corrected chi connectivity index (χ0v) is 7.60. The van der Waals surface area contributed by atoms with Crippen LogP contribution in [0.2, 0.25) is 0 Å². The van der Waals surface area contributed by atoms with E-state index in [4.69, 9.17) is 4.55 Å². The largest absolute Gasteiger partial charge is 0.289 e. The third-order valence-electron chi connectivity index (χ3n) is 1.60. The van der Waals surface area contributed by atoms with Gasteiger partial charge in [0, 0.05) is 0 Å². The number of hydrogen-bond donors (Lipinski definition) is 2. The molecule has 1 aromatic carbocycles. The first kappa shape index (κ1) is 9.22. The van der Waals surface area contributed by atoms with E-state index in [9.17, 15) is 4.21 Å². The van der Waals surface area contributed by atoms with Crippen LogP contribution in [0.4, 0.5) is 5.69 Å². The van der Waals surface area contributed by atoms with Crippen molar-refractivity contribution in [3.8, 4) is 0 Å². The number of nitrogens with one attached hydrogen (secondary N) is 1. The van der Waals surface area contributed by atoms with Gasteiger partial charge in [-0.15, -0.1) is 0 Å². The predicted molar refractivity (Wildman–Crippen MR) is 50.2 cm³/mol. The van der Waals surface area contributed by atoms with Crippen LogP contribution in [-0.2, 0) is 17.7 Å². The van der Waals surface area contributed by atoms with Crippen molar-refractivity contribution in [2.24, 2.45) is 0 Å². The van der Waals surface area contributed by atoms with Crippen LogP contribution in [0.25, 0.3) is 0 Å². The molecule has 3 nitrogen and oxygen atoms in total. The van der Waals surface area contributed by atoms with Gasteiger partial charge in [-0.1, -0.05) is 25.1 Å². The van der Waals surface area contributed by atoms with E-state index in [1.165, 1.54) is 0 Å². The van der Waals surface area contributed by atoms with Crippen LogP contribution in [0.15, 0.2) is 24.3 Å². The molecule has 1 unspecified atom stereocenters. The van der Waals surface area contributed by atoms with Gasteiger partial charge in [0.15, 0.2) is 0 Å². The van der Waals surface area contributed by atoms with Crippen molar-refractivity contribution in [3.63, 3.8) is 0 Å². The average Bonchev–Trinajstić information content (AvgIpc) is 2.04. The Morgan fingerprint density at radius 2 is 2.17 bits per heavy atom. The van der Waals surface area contributed by atoms with Crippen molar-refractivity contribution in [1.29, 1.82) is 0 Å².